The Balaban J connectivity index is 1.29. The average Bonchev–Trinajstić information content (AvgIpc) is 2.98. The Morgan fingerprint density at radius 2 is 1.27 bits per heavy atom. The largest absolute Gasteiger partial charge is 0.484 e. The van der Waals surface area contributed by atoms with Crippen LogP contribution in [0.4, 0.5) is 0 Å². The van der Waals surface area contributed by atoms with Gasteiger partial charge >= 0.3 is 0 Å². The van der Waals surface area contributed by atoms with Gasteiger partial charge < -0.3 is 23.8 Å². The predicted molar refractivity (Wildman–Crippen MR) is 152 cm³/mol. The van der Waals surface area contributed by atoms with Crippen molar-refractivity contribution in [3.8, 4) is 5.75 Å². The highest BCUT2D eigenvalue weighted by Crippen LogP contribution is 2.50. The van der Waals surface area contributed by atoms with Crippen molar-refractivity contribution in [2.45, 2.75) is 49.9 Å². The maximum Gasteiger partial charge on any atom is 0.193 e. The maximum atomic E-state index is 13.6. The Kier molecular flexibility index (Phi) is 6.33. The molecule has 206 valence electrons. The summed E-state index contributed by atoms with van der Waals surface area (Å²) in [4.78, 5) is 27.1. The Bertz CT molecular complexity index is 1860. The van der Waals surface area contributed by atoms with E-state index in [-0.39, 0.29) is 27.6 Å². The van der Waals surface area contributed by atoms with Crippen LogP contribution in [0.3, 0.4) is 0 Å². The summed E-state index contributed by atoms with van der Waals surface area (Å²) >= 11 is 0. The minimum absolute atomic E-state index is 0.0763. The van der Waals surface area contributed by atoms with Gasteiger partial charge in [0.1, 0.15) is 34.7 Å². The lowest BCUT2D eigenvalue weighted by atomic mass is 9.73. The molecule has 0 amide bonds. The molecular weight excluding hydrogens is 520 g/mol. The SMILES string of the molecule is O=c1cc(CCc2ccccc2)oc2c1[C@H]1c3c(ccc4oc(CCc5ccccc5)cc(=O)c34)O[C@H]([C@H]1O)[C@@H]2O. The van der Waals surface area contributed by atoms with Gasteiger partial charge in [-0.25, -0.2) is 0 Å². The van der Waals surface area contributed by atoms with E-state index in [4.69, 9.17) is 13.6 Å². The van der Waals surface area contributed by atoms with Crippen LogP contribution in [0, 0.1) is 0 Å². The van der Waals surface area contributed by atoms with E-state index in [0.29, 0.717) is 54.1 Å². The summed E-state index contributed by atoms with van der Waals surface area (Å²) in [6, 6.07) is 26.0. The molecule has 0 saturated heterocycles. The molecule has 0 saturated carbocycles. The number of aryl methyl sites for hydroxylation is 4. The van der Waals surface area contributed by atoms with Crippen molar-refractivity contribution in [3.05, 3.63) is 145 Å². The molecule has 3 heterocycles. The molecule has 1 aliphatic heterocycles. The van der Waals surface area contributed by atoms with Crippen molar-refractivity contribution >= 4 is 11.0 Å². The van der Waals surface area contributed by atoms with Crippen LogP contribution < -0.4 is 15.6 Å². The van der Waals surface area contributed by atoms with E-state index in [1.165, 1.54) is 12.1 Å². The van der Waals surface area contributed by atoms with E-state index in [9.17, 15) is 19.8 Å². The molecular formula is C34H28O7. The lowest BCUT2D eigenvalue weighted by molar-refractivity contribution is -0.0822. The fourth-order valence-electron chi connectivity index (χ4n) is 6.18. The van der Waals surface area contributed by atoms with Gasteiger partial charge in [0, 0.05) is 30.5 Å². The lowest BCUT2D eigenvalue weighted by Crippen LogP contribution is -2.50. The third-order valence-corrected chi connectivity index (χ3v) is 8.16. The molecule has 2 aromatic heterocycles. The molecule has 0 radical (unpaired) electrons. The van der Waals surface area contributed by atoms with E-state index in [0.717, 1.165) is 11.1 Å². The summed E-state index contributed by atoms with van der Waals surface area (Å²) in [6.45, 7) is 0. The summed E-state index contributed by atoms with van der Waals surface area (Å²) in [5.41, 5.74) is 2.47. The Hall–Kier alpha value is -4.46. The van der Waals surface area contributed by atoms with Crippen LogP contribution in [-0.4, -0.2) is 22.4 Å². The molecule has 7 rings (SSSR count). The minimum atomic E-state index is -1.35. The number of ether oxygens (including phenoxy) is 1. The monoisotopic (exact) mass is 548 g/mol. The standard InChI is InChI=1S/C34H28O7/c35-23-17-21(13-11-19-7-3-1-4-8-19)39-25-15-16-26-29(27(23)25)30-28-24(36)18-22(14-12-20-9-5-2-6-10-20)40-33(28)32(38)34(41-26)31(30)37/h1-10,15-18,30-32,34,37-38H,11-14H2/t30-,31-,32+,34+/m0/s1. The summed E-state index contributed by atoms with van der Waals surface area (Å²) in [5.74, 6) is 0.477. The van der Waals surface area contributed by atoms with E-state index in [1.807, 2.05) is 60.7 Å². The first-order valence-corrected chi connectivity index (χ1v) is 13.8. The van der Waals surface area contributed by atoms with Crippen LogP contribution >= 0.6 is 0 Å². The molecule has 7 nitrogen and oxygen atoms in total. The third-order valence-electron chi connectivity index (χ3n) is 8.16. The summed E-state index contributed by atoms with van der Waals surface area (Å²) in [6.07, 6.45) is -1.28. The molecule has 1 aliphatic carbocycles. The highest BCUT2D eigenvalue weighted by molar-refractivity contribution is 5.85. The van der Waals surface area contributed by atoms with Gasteiger partial charge in [-0.05, 0) is 36.1 Å². The number of aliphatic hydroxyl groups is 2. The van der Waals surface area contributed by atoms with Crippen molar-refractivity contribution in [1.29, 1.82) is 0 Å². The van der Waals surface area contributed by atoms with E-state index in [1.54, 1.807) is 12.1 Å². The number of aliphatic hydroxyl groups excluding tert-OH is 2. The number of hydrogen-bond acceptors (Lipinski definition) is 7. The van der Waals surface area contributed by atoms with Gasteiger partial charge in [-0.1, -0.05) is 60.7 Å². The zero-order valence-corrected chi connectivity index (χ0v) is 22.2. The Labute approximate surface area is 235 Å². The first-order chi connectivity index (χ1) is 20.0. The fraction of sp³-hybridized carbons (Fsp3) is 0.235. The molecule has 2 N–H and O–H groups in total. The highest BCUT2D eigenvalue weighted by Gasteiger charge is 2.51. The van der Waals surface area contributed by atoms with Crippen LogP contribution in [0.2, 0.25) is 0 Å². The van der Waals surface area contributed by atoms with Crippen molar-refractivity contribution in [2.75, 3.05) is 0 Å². The number of benzene rings is 3. The fourth-order valence-corrected chi connectivity index (χ4v) is 6.18. The highest BCUT2D eigenvalue weighted by atomic mass is 16.5. The molecule has 7 heteroatoms. The van der Waals surface area contributed by atoms with E-state index >= 15 is 0 Å². The smallest absolute Gasteiger partial charge is 0.193 e. The molecule has 2 bridgehead atoms. The van der Waals surface area contributed by atoms with Crippen LogP contribution in [0.15, 0.2) is 103 Å². The molecule has 0 spiro atoms. The lowest BCUT2D eigenvalue weighted by Gasteiger charge is -2.43. The Morgan fingerprint density at radius 3 is 1.93 bits per heavy atom. The topological polar surface area (TPSA) is 110 Å². The normalized spacial score (nSPS) is 20.7. The second kappa shape index (κ2) is 10.2. The first-order valence-electron chi connectivity index (χ1n) is 13.8. The molecule has 0 unspecified atom stereocenters. The van der Waals surface area contributed by atoms with Crippen LogP contribution in [0.1, 0.15) is 51.6 Å². The first kappa shape index (κ1) is 25.5. The molecule has 0 fully saturated rings. The number of rotatable bonds is 6. The Morgan fingerprint density at radius 1 is 0.659 bits per heavy atom. The van der Waals surface area contributed by atoms with Gasteiger partial charge in [-0.2, -0.15) is 0 Å². The average molecular weight is 549 g/mol. The molecule has 4 atom stereocenters. The van der Waals surface area contributed by atoms with Gasteiger partial charge in [-0.3, -0.25) is 9.59 Å². The maximum absolute atomic E-state index is 13.6. The second-order valence-corrected chi connectivity index (χ2v) is 10.7. The predicted octanol–water partition coefficient (Wildman–Crippen LogP) is 4.62. The van der Waals surface area contributed by atoms with Crippen LogP contribution in [0.5, 0.6) is 5.75 Å². The van der Waals surface area contributed by atoms with Crippen LogP contribution in [-0.2, 0) is 25.7 Å². The third kappa shape index (κ3) is 4.47. The zero-order chi connectivity index (χ0) is 28.1. The van der Waals surface area contributed by atoms with E-state index < -0.39 is 24.2 Å². The zero-order valence-electron chi connectivity index (χ0n) is 22.2. The summed E-state index contributed by atoms with van der Waals surface area (Å²) < 4.78 is 18.3. The van der Waals surface area contributed by atoms with Gasteiger partial charge in [0.2, 0.25) is 0 Å². The van der Waals surface area contributed by atoms with Gasteiger partial charge in [0.05, 0.1) is 16.9 Å². The minimum Gasteiger partial charge on any atom is -0.484 e. The number of fused-ring (bicyclic) bond motifs is 8. The number of hydrogen-bond donors (Lipinski definition) is 2. The van der Waals surface area contributed by atoms with E-state index in [2.05, 4.69) is 0 Å². The van der Waals surface area contributed by atoms with Crippen LogP contribution in [0.25, 0.3) is 11.0 Å². The summed E-state index contributed by atoms with van der Waals surface area (Å²) in [7, 11) is 0. The summed E-state index contributed by atoms with van der Waals surface area (Å²) in [5, 5.41) is 22.7. The molecule has 3 aromatic carbocycles. The van der Waals surface area contributed by atoms with Crippen molar-refractivity contribution in [2.24, 2.45) is 0 Å². The molecule has 5 aromatic rings. The second-order valence-electron chi connectivity index (χ2n) is 10.7. The van der Waals surface area contributed by atoms with Gasteiger partial charge in [-0.15, -0.1) is 0 Å². The van der Waals surface area contributed by atoms with Gasteiger partial charge in [0.25, 0.3) is 0 Å². The van der Waals surface area contributed by atoms with Crippen molar-refractivity contribution in [3.63, 3.8) is 0 Å². The van der Waals surface area contributed by atoms with Crippen molar-refractivity contribution in [1.82, 2.24) is 0 Å². The molecule has 41 heavy (non-hydrogen) atoms. The quantitative estimate of drug-likeness (QED) is 0.319. The van der Waals surface area contributed by atoms with Gasteiger partial charge in [0.15, 0.2) is 23.1 Å². The molecule has 2 aliphatic rings. The van der Waals surface area contributed by atoms with Crippen molar-refractivity contribution < 1.29 is 23.8 Å².